The number of aliphatic hydroxyl groups is 1. The number of rotatable bonds is 0. The first-order valence-corrected chi connectivity index (χ1v) is 9.90. The Hall–Kier alpha value is -1.08. The zero-order valence-electron chi connectivity index (χ0n) is 15.1. The molecule has 0 aromatic carbocycles. The predicted molar refractivity (Wildman–Crippen MR) is 95.5 cm³/mol. The van der Waals surface area contributed by atoms with Gasteiger partial charge < -0.3 is 14.6 Å². The van der Waals surface area contributed by atoms with Crippen LogP contribution in [0.1, 0.15) is 58.3 Å². The third-order valence-corrected chi connectivity index (χ3v) is 8.03. The number of allylic oxidation sites excluding steroid dienone is 3. The molecule has 3 heteroatoms. The predicted octanol–water partition coefficient (Wildman–Crippen LogP) is 3.73. The second kappa shape index (κ2) is 5.22. The van der Waals surface area contributed by atoms with Gasteiger partial charge in [-0.15, -0.1) is 6.42 Å². The molecular weight excluding hydrogens is 312 g/mol. The van der Waals surface area contributed by atoms with Crippen LogP contribution in [0.2, 0.25) is 0 Å². The second-order valence-corrected chi connectivity index (χ2v) is 8.94. The van der Waals surface area contributed by atoms with E-state index in [-0.39, 0.29) is 11.2 Å². The van der Waals surface area contributed by atoms with E-state index < -0.39 is 5.60 Å². The molecule has 1 saturated heterocycles. The van der Waals surface area contributed by atoms with Gasteiger partial charge in [-0.25, -0.2) is 0 Å². The molecule has 1 heterocycles. The summed E-state index contributed by atoms with van der Waals surface area (Å²) in [5.74, 6) is 3.50. The molecule has 0 aromatic rings. The van der Waals surface area contributed by atoms with E-state index in [9.17, 15) is 5.11 Å². The molecule has 0 bridgehead atoms. The molecule has 1 spiro atoms. The lowest BCUT2D eigenvalue weighted by atomic mass is 9.56. The van der Waals surface area contributed by atoms with Crippen molar-refractivity contribution in [3.63, 3.8) is 0 Å². The standard InChI is InChI=1S/C22H28O3/c1-3-21(23)10-8-19-18-5-4-15-14-22(24-12-13-25-22)11-7-16(15)17(18)6-9-20(19,21)2/h1,6,18-19,23H,4-5,7-14H2,2H3/t18-,19+,20?,21+/m1/s1. The molecule has 4 atom stereocenters. The average Bonchev–Trinajstić information content (AvgIpc) is 3.18. The van der Waals surface area contributed by atoms with E-state index in [1.807, 2.05) is 0 Å². The van der Waals surface area contributed by atoms with Gasteiger partial charge in [0, 0.05) is 18.3 Å². The van der Waals surface area contributed by atoms with E-state index in [0.717, 1.165) is 58.2 Å². The Bertz CT molecular complexity index is 705. The Morgan fingerprint density at radius 1 is 1.20 bits per heavy atom. The Balaban J connectivity index is 1.49. The maximum Gasteiger partial charge on any atom is 0.172 e. The zero-order valence-corrected chi connectivity index (χ0v) is 15.1. The van der Waals surface area contributed by atoms with Crippen LogP contribution in [0.15, 0.2) is 22.8 Å². The first-order chi connectivity index (χ1) is 12.0. The van der Waals surface area contributed by atoms with E-state index in [4.69, 9.17) is 15.9 Å². The number of hydrogen-bond acceptors (Lipinski definition) is 3. The van der Waals surface area contributed by atoms with Gasteiger partial charge in [-0.1, -0.05) is 24.5 Å². The molecule has 0 aromatic heterocycles. The molecular formula is C22H28O3. The summed E-state index contributed by atoms with van der Waals surface area (Å²) in [6.07, 6.45) is 16.2. The molecule has 5 aliphatic rings. The summed E-state index contributed by atoms with van der Waals surface area (Å²) >= 11 is 0. The van der Waals surface area contributed by atoms with Crippen LogP contribution in [0.4, 0.5) is 0 Å². The van der Waals surface area contributed by atoms with Gasteiger partial charge in [0.25, 0.3) is 0 Å². The van der Waals surface area contributed by atoms with Crippen molar-refractivity contribution in [2.45, 2.75) is 69.7 Å². The van der Waals surface area contributed by atoms with Gasteiger partial charge in [0.1, 0.15) is 5.60 Å². The van der Waals surface area contributed by atoms with E-state index in [0.29, 0.717) is 11.8 Å². The minimum Gasteiger partial charge on any atom is -0.377 e. The third kappa shape index (κ3) is 2.05. The molecule has 0 amide bonds. The fourth-order valence-corrected chi connectivity index (χ4v) is 6.54. The highest BCUT2D eigenvalue weighted by Gasteiger charge is 2.60. The lowest BCUT2D eigenvalue weighted by molar-refractivity contribution is -0.164. The normalized spacial score (nSPS) is 44.8. The summed E-state index contributed by atoms with van der Waals surface area (Å²) in [6, 6.07) is 0. The summed E-state index contributed by atoms with van der Waals surface area (Å²) in [7, 11) is 0. The van der Waals surface area contributed by atoms with Crippen LogP contribution in [0.25, 0.3) is 0 Å². The van der Waals surface area contributed by atoms with Crippen molar-refractivity contribution >= 4 is 0 Å². The quantitative estimate of drug-likeness (QED) is 0.683. The molecule has 2 fully saturated rings. The van der Waals surface area contributed by atoms with Crippen LogP contribution < -0.4 is 0 Å². The van der Waals surface area contributed by atoms with Crippen molar-refractivity contribution in [3.05, 3.63) is 22.8 Å². The minimum absolute atomic E-state index is 0.165. The van der Waals surface area contributed by atoms with E-state index in [1.165, 1.54) is 6.42 Å². The topological polar surface area (TPSA) is 38.7 Å². The fraction of sp³-hybridized carbons (Fsp3) is 0.727. The lowest BCUT2D eigenvalue weighted by Crippen LogP contribution is -2.48. The second-order valence-electron chi connectivity index (χ2n) is 8.94. The summed E-state index contributed by atoms with van der Waals surface area (Å²) < 4.78 is 11.9. The maximum absolute atomic E-state index is 11.0. The van der Waals surface area contributed by atoms with Gasteiger partial charge in [0.2, 0.25) is 0 Å². The van der Waals surface area contributed by atoms with Crippen molar-refractivity contribution < 1.29 is 14.6 Å². The Labute approximate surface area is 150 Å². The molecule has 3 nitrogen and oxygen atoms in total. The first kappa shape index (κ1) is 16.1. The number of fused-ring (bicyclic) bond motifs is 4. The molecule has 1 aliphatic heterocycles. The van der Waals surface area contributed by atoms with Crippen LogP contribution in [-0.2, 0) is 9.47 Å². The summed E-state index contributed by atoms with van der Waals surface area (Å²) in [6.45, 7) is 3.69. The van der Waals surface area contributed by atoms with Crippen molar-refractivity contribution in [1.29, 1.82) is 0 Å². The molecule has 1 saturated carbocycles. The van der Waals surface area contributed by atoms with Gasteiger partial charge in [-0.05, 0) is 61.5 Å². The monoisotopic (exact) mass is 340 g/mol. The minimum atomic E-state index is -0.934. The summed E-state index contributed by atoms with van der Waals surface area (Å²) in [5, 5.41) is 11.0. The van der Waals surface area contributed by atoms with Crippen LogP contribution in [0.3, 0.4) is 0 Å². The molecule has 134 valence electrons. The van der Waals surface area contributed by atoms with Gasteiger partial charge in [-0.3, -0.25) is 0 Å². The van der Waals surface area contributed by atoms with Crippen LogP contribution in [0, 0.1) is 29.6 Å². The van der Waals surface area contributed by atoms with E-state index in [2.05, 4.69) is 18.9 Å². The van der Waals surface area contributed by atoms with Crippen molar-refractivity contribution in [3.8, 4) is 12.3 Å². The molecule has 25 heavy (non-hydrogen) atoms. The molecule has 1 N–H and O–H groups in total. The Morgan fingerprint density at radius 3 is 2.76 bits per heavy atom. The zero-order chi connectivity index (χ0) is 17.3. The lowest BCUT2D eigenvalue weighted by Gasteiger charge is -2.50. The van der Waals surface area contributed by atoms with Gasteiger partial charge in [0.05, 0.1) is 13.2 Å². The molecule has 4 aliphatic carbocycles. The summed E-state index contributed by atoms with van der Waals surface area (Å²) in [4.78, 5) is 0. The van der Waals surface area contributed by atoms with Crippen molar-refractivity contribution in [2.75, 3.05) is 13.2 Å². The van der Waals surface area contributed by atoms with Crippen molar-refractivity contribution in [2.24, 2.45) is 17.3 Å². The molecule has 1 unspecified atom stereocenters. The van der Waals surface area contributed by atoms with Gasteiger partial charge >= 0.3 is 0 Å². The van der Waals surface area contributed by atoms with Crippen molar-refractivity contribution in [1.82, 2.24) is 0 Å². The number of hydrogen-bond donors (Lipinski definition) is 1. The highest BCUT2D eigenvalue weighted by Crippen LogP contribution is 2.62. The maximum atomic E-state index is 11.0. The Kier molecular flexibility index (Phi) is 3.37. The first-order valence-electron chi connectivity index (χ1n) is 9.90. The number of terminal acetylenes is 1. The highest BCUT2D eigenvalue weighted by molar-refractivity contribution is 5.45. The van der Waals surface area contributed by atoms with Crippen LogP contribution in [0.5, 0.6) is 0 Å². The number of ether oxygens (including phenoxy) is 2. The van der Waals surface area contributed by atoms with Crippen LogP contribution >= 0.6 is 0 Å². The molecule has 0 radical (unpaired) electrons. The van der Waals surface area contributed by atoms with Gasteiger partial charge in [0.15, 0.2) is 5.79 Å². The molecule has 5 rings (SSSR count). The largest absolute Gasteiger partial charge is 0.377 e. The summed E-state index contributed by atoms with van der Waals surface area (Å²) in [5.41, 5.74) is 3.61. The van der Waals surface area contributed by atoms with E-state index in [1.54, 1.807) is 16.7 Å². The van der Waals surface area contributed by atoms with E-state index >= 15 is 0 Å². The Morgan fingerprint density at radius 2 is 2.00 bits per heavy atom. The SMILES string of the molecule is C#C[C@]1(O)CC[C@H]2[C@@H]3CCC4=C(CCC5(C4)OCCO5)C3=CCC21C. The van der Waals surface area contributed by atoms with Gasteiger partial charge in [-0.2, -0.15) is 0 Å². The fourth-order valence-electron chi connectivity index (χ4n) is 6.54. The third-order valence-electron chi connectivity index (χ3n) is 8.03. The highest BCUT2D eigenvalue weighted by atomic mass is 16.7. The average molecular weight is 340 g/mol. The van der Waals surface area contributed by atoms with Crippen LogP contribution in [-0.4, -0.2) is 29.7 Å². The smallest absolute Gasteiger partial charge is 0.172 e.